The first-order chi connectivity index (χ1) is 12.3. The van der Waals surface area contributed by atoms with E-state index >= 15 is 0 Å². The summed E-state index contributed by atoms with van der Waals surface area (Å²) in [5, 5.41) is 10.7. The molecule has 0 radical (unpaired) electrons. The van der Waals surface area contributed by atoms with Crippen molar-refractivity contribution in [2.45, 2.75) is 32.1 Å². The highest BCUT2D eigenvalue weighted by atomic mass is 35.5. The van der Waals surface area contributed by atoms with E-state index in [2.05, 4.69) is 0 Å². The van der Waals surface area contributed by atoms with E-state index in [9.17, 15) is 18.3 Å². The minimum absolute atomic E-state index is 0.0350. The molecule has 2 aromatic carbocycles. The zero-order valence-electron chi connectivity index (χ0n) is 14.2. The Hall–Kier alpha value is -1.76. The van der Waals surface area contributed by atoms with Gasteiger partial charge in [-0.2, -0.15) is 0 Å². The van der Waals surface area contributed by atoms with E-state index in [-0.39, 0.29) is 24.7 Å². The number of aliphatic hydroxyl groups excluding tert-OH is 1. The van der Waals surface area contributed by atoms with Gasteiger partial charge >= 0.3 is 0 Å². The molecule has 0 unspecified atom stereocenters. The molecule has 7 heteroatoms. The van der Waals surface area contributed by atoms with Crippen molar-refractivity contribution in [3.63, 3.8) is 0 Å². The number of likely N-dealkylation sites (tertiary alicyclic amines) is 1. The summed E-state index contributed by atoms with van der Waals surface area (Å²) < 4.78 is 46.3. The van der Waals surface area contributed by atoms with Crippen LogP contribution < -0.4 is 4.74 Å². The summed E-state index contributed by atoms with van der Waals surface area (Å²) in [6.07, 6.45) is -1.03. The Balaban J connectivity index is 1.64. The molecular formula is C19H19ClF3NO2. The smallest absolute Gasteiger partial charge is 0.132 e. The van der Waals surface area contributed by atoms with Gasteiger partial charge in [-0.3, -0.25) is 4.90 Å². The van der Waals surface area contributed by atoms with Crippen molar-refractivity contribution < 1.29 is 23.0 Å². The maximum absolute atomic E-state index is 14.3. The van der Waals surface area contributed by atoms with Crippen LogP contribution in [-0.4, -0.2) is 35.3 Å². The second-order valence-electron chi connectivity index (χ2n) is 6.51. The zero-order valence-corrected chi connectivity index (χ0v) is 14.9. The van der Waals surface area contributed by atoms with E-state index in [1.54, 1.807) is 19.1 Å². The molecule has 0 aliphatic carbocycles. The first-order valence-electron chi connectivity index (χ1n) is 8.30. The van der Waals surface area contributed by atoms with Crippen molar-refractivity contribution in [3.8, 4) is 5.75 Å². The summed E-state index contributed by atoms with van der Waals surface area (Å²) in [5.74, 6) is -1.79. The van der Waals surface area contributed by atoms with Gasteiger partial charge in [-0.15, -0.1) is 0 Å². The van der Waals surface area contributed by atoms with Gasteiger partial charge in [0, 0.05) is 48.4 Å². The molecule has 1 N–H and O–H groups in total. The SMILES string of the molecule is Cc1ccc(Cl)c(CN2CC[C@@H](Oc3cc(F)cc(F)c3)[C@H](O)C2)c1F. The van der Waals surface area contributed by atoms with Crippen LogP contribution in [0.3, 0.4) is 0 Å². The number of benzene rings is 2. The molecule has 0 saturated carbocycles. The molecule has 1 saturated heterocycles. The number of aliphatic hydroxyl groups is 1. The van der Waals surface area contributed by atoms with Crippen molar-refractivity contribution >= 4 is 11.6 Å². The van der Waals surface area contributed by atoms with E-state index in [0.29, 0.717) is 29.1 Å². The fraction of sp³-hybridized carbons (Fsp3) is 0.368. The van der Waals surface area contributed by atoms with Gasteiger partial charge in [-0.1, -0.05) is 17.7 Å². The van der Waals surface area contributed by atoms with E-state index in [1.165, 1.54) is 0 Å². The molecule has 0 spiro atoms. The first-order valence-corrected chi connectivity index (χ1v) is 8.68. The van der Waals surface area contributed by atoms with Gasteiger partial charge in [0.15, 0.2) is 0 Å². The van der Waals surface area contributed by atoms with Gasteiger partial charge in [0.2, 0.25) is 0 Å². The number of β-amino-alcohol motifs (C(OH)–C–C–N with tert-alkyl or cyclic N) is 1. The molecule has 140 valence electrons. The Morgan fingerprint density at radius 2 is 1.88 bits per heavy atom. The van der Waals surface area contributed by atoms with Gasteiger partial charge in [-0.05, 0) is 25.0 Å². The number of nitrogens with zero attached hydrogens (tertiary/aromatic N) is 1. The molecule has 1 heterocycles. The average molecular weight is 386 g/mol. The molecule has 26 heavy (non-hydrogen) atoms. The molecule has 3 rings (SSSR count). The summed E-state index contributed by atoms with van der Waals surface area (Å²) in [4.78, 5) is 1.88. The van der Waals surface area contributed by atoms with Crippen molar-refractivity contribution in [1.29, 1.82) is 0 Å². The predicted molar refractivity (Wildman–Crippen MR) is 92.8 cm³/mol. The van der Waals surface area contributed by atoms with Crippen LogP contribution in [0.1, 0.15) is 17.5 Å². The predicted octanol–water partition coefficient (Wildman–Crippen LogP) is 4.08. The minimum Gasteiger partial charge on any atom is -0.487 e. The molecule has 0 amide bonds. The highest BCUT2D eigenvalue weighted by Gasteiger charge is 2.30. The van der Waals surface area contributed by atoms with Gasteiger partial charge in [0.1, 0.15) is 35.4 Å². The van der Waals surface area contributed by atoms with E-state index in [1.807, 2.05) is 4.90 Å². The zero-order chi connectivity index (χ0) is 18.8. The highest BCUT2D eigenvalue weighted by molar-refractivity contribution is 6.31. The Kier molecular flexibility index (Phi) is 5.75. The molecule has 1 fully saturated rings. The molecule has 1 aliphatic heterocycles. The van der Waals surface area contributed by atoms with Crippen LogP contribution >= 0.6 is 11.6 Å². The maximum Gasteiger partial charge on any atom is 0.132 e. The molecular weight excluding hydrogens is 367 g/mol. The molecule has 1 aliphatic rings. The summed E-state index contributed by atoms with van der Waals surface area (Å²) in [5.41, 5.74) is 0.904. The van der Waals surface area contributed by atoms with Gasteiger partial charge < -0.3 is 9.84 Å². The topological polar surface area (TPSA) is 32.7 Å². The lowest BCUT2D eigenvalue weighted by Gasteiger charge is -2.36. The summed E-state index contributed by atoms with van der Waals surface area (Å²) in [6.45, 7) is 2.71. The lowest BCUT2D eigenvalue weighted by molar-refractivity contribution is -0.0279. The van der Waals surface area contributed by atoms with Crippen molar-refractivity contribution in [2.75, 3.05) is 13.1 Å². The Labute approximate surface area is 155 Å². The van der Waals surface area contributed by atoms with Gasteiger partial charge in [0.05, 0.1) is 0 Å². The molecule has 2 aromatic rings. The Morgan fingerprint density at radius 1 is 1.19 bits per heavy atom. The third kappa shape index (κ3) is 4.31. The normalized spacial score (nSPS) is 21.0. The summed E-state index contributed by atoms with van der Waals surface area (Å²) >= 11 is 6.10. The fourth-order valence-corrected chi connectivity index (χ4v) is 3.32. The first kappa shape index (κ1) is 19.0. The number of hydrogen-bond donors (Lipinski definition) is 1. The summed E-state index contributed by atoms with van der Waals surface area (Å²) in [7, 11) is 0. The number of aryl methyl sites for hydroxylation is 1. The van der Waals surface area contributed by atoms with Crippen molar-refractivity contribution in [1.82, 2.24) is 4.90 Å². The molecule has 0 aromatic heterocycles. The van der Waals surface area contributed by atoms with Crippen LogP contribution in [0, 0.1) is 24.4 Å². The van der Waals surface area contributed by atoms with Crippen molar-refractivity contribution in [3.05, 3.63) is 63.9 Å². The van der Waals surface area contributed by atoms with Crippen LogP contribution in [-0.2, 0) is 6.54 Å². The highest BCUT2D eigenvalue weighted by Crippen LogP contribution is 2.26. The second-order valence-corrected chi connectivity index (χ2v) is 6.92. The monoisotopic (exact) mass is 385 g/mol. The van der Waals surface area contributed by atoms with Crippen LogP contribution in [0.4, 0.5) is 13.2 Å². The third-order valence-electron chi connectivity index (χ3n) is 4.49. The van der Waals surface area contributed by atoms with Gasteiger partial charge in [-0.25, -0.2) is 13.2 Å². The quantitative estimate of drug-likeness (QED) is 0.860. The van der Waals surface area contributed by atoms with E-state index in [4.69, 9.17) is 16.3 Å². The number of hydrogen-bond acceptors (Lipinski definition) is 3. The number of rotatable bonds is 4. The minimum atomic E-state index is -0.873. The number of halogens is 4. The molecule has 0 bridgehead atoms. The largest absolute Gasteiger partial charge is 0.487 e. The Bertz CT molecular complexity index is 782. The van der Waals surface area contributed by atoms with Gasteiger partial charge in [0.25, 0.3) is 0 Å². The van der Waals surface area contributed by atoms with E-state index < -0.39 is 23.8 Å². The van der Waals surface area contributed by atoms with Crippen LogP contribution in [0.5, 0.6) is 5.75 Å². The number of ether oxygens (including phenoxy) is 1. The molecule has 2 atom stereocenters. The van der Waals surface area contributed by atoms with E-state index in [0.717, 1.165) is 18.2 Å². The molecule has 3 nitrogen and oxygen atoms in total. The fourth-order valence-electron chi connectivity index (χ4n) is 3.11. The Morgan fingerprint density at radius 3 is 2.54 bits per heavy atom. The average Bonchev–Trinajstić information content (AvgIpc) is 2.57. The lowest BCUT2D eigenvalue weighted by Crippen LogP contribution is -2.48. The van der Waals surface area contributed by atoms with Crippen molar-refractivity contribution in [2.24, 2.45) is 0 Å². The van der Waals surface area contributed by atoms with Crippen LogP contribution in [0.25, 0.3) is 0 Å². The summed E-state index contributed by atoms with van der Waals surface area (Å²) in [6, 6.07) is 6.18. The standard InChI is InChI=1S/C19H19ClF3NO2/c1-11-2-3-16(20)15(19(11)23)9-24-5-4-18(17(25)10-24)26-14-7-12(21)6-13(22)8-14/h2-3,6-8,17-18,25H,4-5,9-10H2,1H3/t17-,18-/m1/s1. The third-order valence-corrected chi connectivity index (χ3v) is 4.84. The maximum atomic E-state index is 14.3. The number of piperidine rings is 1. The second kappa shape index (κ2) is 7.86. The van der Waals surface area contributed by atoms with Crippen LogP contribution in [0.15, 0.2) is 30.3 Å². The van der Waals surface area contributed by atoms with Crippen LogP contribution in [0.2, 0.25) is 5.02 Å². The lowest BCUT2D eigenvalue weighted by atomic mass is 10.0.